The van der Waals surface area contributed by atoms with Crippen molar-refractivity contribution in [1.29, 1.82) is 0 Å². The van der Waals surface area contributed by atoms with Gasteiger partial charge in [-0.1, -0.05) is 25.2 Å². The lowest BCUT2D eigenvalue weighted by atomic mass is 9.58. The molecule has 0 aromatic heterocycles. The molecule has 0 saturated heterocycles. The molecule has 0 aromatic rings. The van der Waals surface area contributed by atoms with Gasteiger partial charge in [-0.3, -0.25) is 4.79 Å². The van der Waals surface area contributed by atoms with E-state index in [0.717, 1.165) is 12.0 Å². The highest BCUT2D eigenvalue weighted by molar-refractivity contribution is 5.66. The van der Waals surface area contributed by atoms with Gasteiger partial charge in [0.15, 0.2) is 0 Å². The summed E-state index contributed by atoms with van der Waals surface area (Å²) in [5, 5.41) is 20.5. The van der Waals surface area contributed by atoms with Crippen molar-refractivity contribution in [3.05, 3.63) is 24.8 Å². The summed E-state index contributed by atoms with van der Waals surface area (Å²) in [6, 6.07) is 0. The van der Waals surface area contributed by atoms with E-state index in [2.05, 4.69) is 20.1 Å². The van der Waals surface area contributed by atoms with E-state index in [1.165, 1.54) is 6.92 Å². The number of allylic oxidation sites excluding steroid dienone is 1. The lowest BCUT2D eigenvalue weighted by molar-refractivity contribution is -0.183. The van der Waals surface area contributed by atoms with Crippen molar-refractivity contribution >= 4 is 5.97 Å². The highest BCUT2D eigenvalue weighted by Gasteiger charge is 2.51. The molecule has 1 saturated carbocycles. The first-order valence-electron chi connectivity index (χ1n) is 7.39. The number of carbonyl (C=O) groups excluding carboxylic acids is 1. The number of aliphatic hydroxyl groups excluding tert-OH is 2. The fraction of sp³-hybridized carbons (Fsp3) is 0.706. The van der Waals surface area contributed by atoms with E-state index >= 15 is 0 Å². The van der Waals surface area contributed by atoms with Crippen LogP contribution in [-0.2, 0) is 9.53 Å². The fourth-order valence-corrected chi connectivity index (χ4v) is 3.72. The molecular weight excluding hydrogens is 268 g/mol. The molecule has 0 aromatic carbocycles. The van der Waals surface area contributed by atoms with Crippen molar-refractivity contribution in [2.24, 2.45) is 17.3 Å². The third-order valence-corrected chi connectivity index (χ3v) is 4.93. The molecule has 120 valence electrons. The normalized spacial score (nSPS) is 35.6. The smallest absolute Gasteiger partial charge is 0.303 e. The molecule has 1 rings (SSSR count). The van der Waals surface area contributed by atoms with Gasteiger partial charge in [0.1, 0.15) is 5.60 Å². The highest BCUT2D eigenvalue weighted by atomic mass is 16.6. The number of hydrogen-bond donors (Lipinski definition) is 2. The summed E-state index contributed by atoms with van der Waals surface area (Å²) in [5.74, 6) is -0.959. The minimum atomic E-state index is -1.08. The van der Waals surface area contributed by atoms with Crippen molar-refractivity contribution in [3.8, 4) is 0 Å². The first-order valence-corrected chi connectivity index (χ1v) is 7.39. The Morgan fingerprint density at radius 3 is 2.48 bits per heavy atom. The maximum atomic E-state index is 11.3. The van der Waals surface area contributed by atoms with Gasteiger partial charge in [-0.25, -0.2) is 0 Å². The number of rotatable bonds is 5. The molecule has 1 aliphatic carbocycles. The Balaban J connectivity index is 3.15. The highest BCUT2D eigenvalue weighted by Crippen LogP contribution is 2.50. The van der Waals surface area contributed by atoms with Gasteiger partial charge in [-0.15, -0.1) is 6.58 Å². The Kier molecular flexibility index (Phi) is 5.40. The Hall–Kier alpha value is -1.13. The molecule has 1 aliphatic rings. The number of ether oxygens (including phenoxy) is 1. The van der Waals surface area contributed by atoms with Crippen LogP contribution in [-0.4, -0.2) is 34.5 Å². The van der Waals surface area contributed by atoms with Crippen molar-refractivity contribution in [2.45, 2.75) is 52.2 Å². The lowest BCUT2D eigenvalue weighted by Gasteiger charge is -2.51. The Morgan fingerprint density at radius 2 is 2.10 bits per heavy atom. The van der Waals surface area contributed by atoms with Gasteiger partial charge in [0.05, 0.1) is 12.7 Å². The van der Waals surface area contributed by atoms with Crippen molar-refractivity contribution in [1.82, 2.24) is 0 Å². The summed E-state index contributed by atoms with van der Waals surface area (Å²) in [4.78, 5) is 11.3. The van der Waals surface area contributed by atoms with Crippen LogP contribution >= 0.6 is 0 Å². The molecule has 4 heteroatoms. The van der Waals surface area contributed by atoms with Crippen LogP contribution in [0, 0.1) is 17.3 Å². The monoisotopic (exact) mass is 296 g/mol. The Morgan fingerprint density at radius 1 is 1.52 bits per heavy atom. The minimum Gasteiger partial charge on any atom is -0.457 e. The lowest BCUT2D eigenvalue weighted by Crippen LogP contribution is -2.55. The predicted molar refractivity (Wildman–Crippen MR) is 82.6 cm³/mol. The van der Waals surface area contributed by atoms with Crippen molar-refractivity contribution in [3.63, 3.8) is 0 Å². The maximum absolute atomic E-state index is 11.3. The number of hydrogen-bond acceptors (Lipinski definition) is 4. The quantitative estimate of drug-likeness (QED) is 0.604. The van der Waals surface area contributed by atoms with E-state index in [1.807, 2.05) is 13.0 Å². The fourth-order valence-electron chi connectivity index (χ4n) is 3.72. The van der Waals surface area contributed by atoms with Crippen LogP contribution in [0.25, 0.3) is 0 Å². The third kappa shape index (κ3) is 3.38. The molecule has 2 N–H and O–H groups in total. The van der Waals surface area contributed by atoms with E-state index in [4.69, 9.17) is 4.74 Å². The minimum absolute atomic E-state index is 0.171. The first-order chi connectivity index (χ1) is 9.61. The molecule has 0 radical (unpaired) electrons. The van der Waals surface area contributed by atoms with Gasteiger partial charge >= 0.3 is 5.97 Å². The van der Waals surface area contributed by atoms with Crippen LogP contribution in [0.1, 0.15) is 40.5 Å². The zero-order valence-electron chi connectivity index (χ0n) is 13.6. The summed E-state index contributed by atoms with van der Waals surface area (Å²) < 4.78 is 5.32. The second-order valence-corrected chi connectivity index (χ2v) is 6.73. The molecule has 4 nitrogen and oxygen atoms in total. The molecule has 0 amide bonds. The molecule has 0 spiro atoms. The van der Waals surface area contributed by atoms with Crippen LogP contribution in [0.4, 0.5) is 0 Å². The van der Waals surface area contributed by atoms with Crippen LogP contribution in [0.15, 0.2) is 24.8 Å². The second-order valence-electron chi connectivity index (χ2n) is 6.73. The molecule has 0 bridgehead atoms. The molecule has 21 heavy (non-hydrogen) atoms. The van der Waals surface area contributed by atoms with Crippen LogP contribution in [0.2, 0.25) is 0 Å². The number of aliphatic hydroxyl groups is 2. The average Bonchev–Trinajstić information content (AvgIpc) is 2.37. The van der Waals surface area contributed by atoms with Crippen molar-refractivity contribution in [2.75, 3.05) is 6.61 Å². The summed E-state index contributed by atoms with van der Waals surface area (Å²) in [7, 11) is 0. The zero-order chi connectivity index (χ0) is 16.4. The van der Waals surface area contributed by atoms with Gasteiger partial charge < -0.3 is 14.9 Å². The van der Waals surface area contributed by atoms with E-state index in [1.54, 1.807) is 6.92 Å². The van der Waals surface area contributed by atoms with Crippen LogP contribution in [0.3, 0.4) is 0 Å². The third-order valence-electron chi connectivity index (χ3n) is 4.93. The molecule has 0 heterocycles. The Bertz CT molecular complexity index is 431. The van der Waals surface area contributed by atoms with Gasteiger partial charge in [-0.2, -0.15) is 0 Å². The molecule has 5 atom stereocenters. The summed E-state index contributed by atoms with van der Waals surface area (Å²) in [6.07, 6.45) is 2.58. The van der Waals surface area contributed by atoms with E-state index in [0.29, 0.717) is 6.42 Å². The van der Waals surface area contributed by atoms with E-state index in [9.17, 15) is 15.0 Å². The summed E-state index contributed by atoms with van der Waals surface area (Å²) in [5.41, 5.74) is -0.451. The topological polar surface area (TPSA) is 66.8 Å². The molecule has 0 aliphatic heterocycles. The van der Waals surface area contributed by atoms with Gasteiger partial charge in [0.2, 0.25) is 0 Å². The average molecular weight is 296 g/mol. The van der Waals surface area contributed by atoms with Gasteiger partial charge in [-0.05, 0) is 32.1 Å². The SMILES string of the molecule is C=C[C@]1(C)CC[C@@H](C(C)(CO)OC(C)=O)[C@H](O)[C@H]1C(=C)C. The zero-order valence-corrected chi connectivity index (χ0v) is 13.6. The van der Waals surface area contributed by atoms with Gasteiger partial charge in [0.25, 0.3) is 0 Å². The predicted octanol–water partition coefficient (Wildman–Crippen LogP) is 2.46. The number of carbonyl (C=O) groups is 1. The largest absolute Gasteiger partial charge is 0.457 e. The molecule has 1 unspecified atom stereocenters. The molecule has 1 fully saturated rings. The van der Waals surface area contributed by atoms with Gasteiger partial charge in [0, 0.05) is 18.8 Å². The van der Waals surface area contributed by atoms with Crippen LogP contribution in [0.5, 0.6) is 0 Å². The molecular formula is C17H28O4. The second kappa shape index (κ2) is 6.32. The van der Waals surface area contributed by atoms with E-state index < -0.39 is 17.7 Å². The van der Waals surface area contributed by atoms with Crippen LogP contribution < -0.4 is 0 Å². The first kappa shape index (κ1) is 17.9. The maximum Gasteiger partial charge on any atom is 0.303 e. The van der Waals surface area contributed by atoms with E-state index in [-0.39, 0.29) is 23.9 Å². The summed E-state index contributed by atoms with van der Waals surface area (Å²) in [6.45, 7) is 14.5. The Labute approximate surface area is 127 Å². The summed E-state index contributed by atoms with van der Waals surface area (Å²) >= 11 is 0. The standard InChI is InChI=1S/C17H28O4/c1-7-16(5)9-8-13(15(20)14(16)11(2)3)17(6,10-18)21-12(4)19/h7,13-15,18,20H,1-2,8-10H2,3-6H3/t13-,14-,15+,16-,17?/m1/s1. The number of esters is 1. The van der Waals surface area contributed by atoms with Crippen molar-refractivity contribution < 1.29 is 19.7 Å².